The first-order chi connectivity index (χ1) is 15.7. The van der Waals surface area contributed by atoms with Crippen LogP contribution in [0.25, 0.3) is 0 Å². The number of ketones is 1. The minimum Gasteiger partial charge on any atom is -0.320 e. The Balaban J connectivity index is 1.46. The summed E-state index contributed by atoms with van der Waals surface area (Å²) < 4.78 is 27.7. The topological polar surface area (TPSA) is 109 Å². The largest absolute Gasteiger partial charge is 0.320 e. The normalized spacial score (nSPS) is 17.0. The van der Waals surface area contributed by atoms with Crippen LogP contribution in [0.1, 0.15) is 56.4 Å². The van der Waals surface area contributed by atoms with Crippen LogP contribution in [0, 0.1) is 6.92 Å². The van der Waals surface area contributed by atoms with Gasteiger partial charge in [-0.2, -0.15) is 4.31 Å². The van der Waals surface area contributed by atoms with Crippen molar-refractivity contribution in [3.05, 3.63) is 69.7 Å². The Morgan fingerprint density at radius 3 is 2.42 bits per heavy atom. The Morgan fingerprint density at radius 2 is 1.76 bits per heavy atom. The maximum absolute atomic E-state index is 13.1. The molecule has 1 N–H and O–H groups in total. The second-order valence-electron chi connectivity index (χ2n) is 8.05. The van der Waals surface area contributed by atoms with Crippen molar-refractivity contribution in [3.63, 3.8) is 0 Å². The van der Waals surface area contributed by atoms with Crippen LogP contribution in [0.5, 0.6) is 0 Å². The van der Waals surface area contributed by atoms with Gasteiger partial charge in [-0.1, -0.05) is 41.2 Å². The number of amides is 1. The van der Waals surface area contributed by atoms with Crippen LogP contribution < -0.4 is 5.32 Å². The molecule has 10 heteroatoms. The molecule has 1 amide bonds. The first kappa shape index (κ1) is 23.2. The molecule has 0 aliphatic carbocycles. The summed E-state index contributed by atoms with van der Waals surface area (Å²) in [6.45, 7) is 4.09. The van der Waals surface area contributed by atoms with Crippen LogP contribution in [0.2, 0.25) is 0 Å². The van der Waals surface area contributed by atoms with Gasteiger partial charge in [0, 0.05) is 30.3 Å². The molecule has 4 rings (SSSR count). The van der Waals surface area contributed by atoms with Gasteiger partial charge in [0.15, 0.2) is 5.78 Å². The number of nitrogens with zero attached hydrogens (tertiary/aromatic N) is 3. The zero-order valence-corrected chi connectivity index (χ0v) is 19.9. The van der Waals surface area contributed by atoms with E-state index >= 15 is 0 Å². The third-order valence-electron chi connectivity index (χ3n) is 5.58. The summed E-state index contributed by atoms with van der Waals surface area (Å²) in [5.41, 5.74) is 2.24. The van der Waals surface area contributed by atoms with E-state index < -0.39 is 10.0 Å². The molecule has 1 fully saturated rings. The summed E-state index contributed by atoms with van der Waals surface area (Å²) in [4.78, 5) is 24.2. The average Bonchev–Trinajstić information content (AvgIpc) is 3.31. The molecule has 1 saturated heterocycles. The lowest BCUT2D eigenvalue weighted by atomic mass is 10.0. The van der Waals surface area contributed by atoms with Crippen molar-refractivity contribution >= 4 is 38.7 Å². The quantitative estimate of drug-likeness (QED) is 0.532. The number of piperidine rings is 1. The van der Waals surface area contributed by atoms with Crippen molar-refractivity contribution < 1.29 is 18.0 Å². The zero-order valence-electron chi connectivity index (χ0n) is 18.3. The van der Waals surface area contributed by atoms with Gasteiger partial charge in [-0.25, -0.2) is 8.42 Å². The molecule has 0 radical (unpaired) electrons. The van der Waals surface area contributed by atoms with Crippen LogP contribution in [0.4, 0.5) is 5.69 Å². The number of Topliss-reactive ketones (excluding diaryl/α,β-unsaturated/α-hetero) is 1. The summed E-state index contributed by atoms with van der Waals surface area (Å²) in [6.07, 6.45) is 1.45. The Morgan fingerprint density at radius 1 is 1.06 bits per heavy atom. The molecule has 1 unspecified atom stereocenters. The number of rotatable bonds is 6. The van der Waals surface area contributed by atoms with Gasteiger partial charge in [0.25, 0.3) is 5.91 Å². The highest BCUT2D eigenvalue weighted by Crippen LogP contribution is 2.32. The lowest BCUT2D eigenvalue weighted by Crippen LogP contribution is -2.39. The molecule has 0 bridgehead atoms. The van der Waals surface area contributed by atoms with Gasteiger partial charge in [-0.15, -0.1) is 10.2 Å². The van der Waals surface area contributed by atoms with Crippen LogP contribution >= 0.6 is 11.3 Å². The predicted molar refractivity (Wildman–Crippen MR) is 126 cm³/mol. The Kier molecular flexibility index (Phi) is 6.68. The molecule has 33 heavy (non-hydrogen) atoms. The van der Waals surface area contributed by atoms with Gasteiger partial charge in [0.1, 0.15) is 5.01 Å². The number of nitrogens with one attached hydrogen (secondary N) is 1. The second-order valence-corrected chi connectivity index (χ2v) is 11.0. The average molecular weight is 485 g/mol. The van der Waals surface area contributed by atoms with E-state index in [9.17, 15) is 18.0 Å². The van der Waals surface area contributed by atoms with Gasteiger partial charge >= 0.3 is 0 Å². The van der Waals surface area contributed by atoms with E-state index in [0.717, 1.165) is 12.0 Å². The Labute approximate surface area is 196 Å². The molecular weight excluding hydrogens is 460 g/mol. The minimum absolute atomic E-state index is 0.115. The summed E-state index contributed by atoms with van der Waals surface area (Å²) in [6, 6.07) is 13.4. The number of hydrogen-bond donors (Lipinski definition) is 1. The van der Waals surface area contributed by atoms with Gasteiger partial charge in [0.2, 0.25) is 15.0 Å². The molecule has 3 aromatic rings. The van der Waals surface area contributed by atoms with Gasteiger partial charge in [0.05, 0.1) is 4.90 Å². The first-order valence-corrected chi connectivity index (χ1v) is 12.8. The highest BCUT2D eigenvalue weighted by molar-refractivity contribution is 7.89. The maximum atomic E-state index is 13.1. The van der Waals surface area contributed by atoms with Crippen LogP contribution in [0.3, 0.4) is 0 Å². The molecule has 1 aliphatic heterocycles. The summed E-state index contributed by atoms with van der Waals surface area (Å²) >= 11 is 1.19. The van der Waals surface area contributed by atoms with Crippen molar-refractivity contribution in [3.8, 4) is 0 Å². The highest BCUT2D eigenvalue weighted by atomic mass is 32.2. The van der Waals surface area contributed by atoms with Crippen molar-refractivity contribution in [2.24, 2.45) is 0 Å². The van der Waals surface area contributed by atoms with Crippen molar-refractivity contribution in [2.75, 3.05) is 18.4 Å². The number of aryl methyl sites for hydroxylation is 1. The molecular formula is C23H24N4O4S2. The summed E-state index contributed by atoms with van der Waals surface area (Å²) in [5, 5.41) is 11.9. The molecule has 1 atom stereocenters. The van der Waals surface area contributed by atoms with Crippen molar-refractivity contribution in [1.82, 2.24) is 14.5 Å². The molecule has 172 valence electrons. The van der Waals surface area contributed by atoms with Crippen LogP contribution in [-0.4, -0.2) is 47.7 Å². The number of carbonyl (C=O) groups is 2. The van der Waals surface area contributed by atoms with Gasteiger partial charge < -0.3 is 5.32 Å². The lowest BCUT2D eigenvalue weighted by Gasteiger charge is -2.30. The third kappa shape index (κ3) is 5.18. The number of anilines is 1. The van der Waals surface area contributed by atoms with E-state index in [1.165, 1.54) is 46.8 Å². The van der Waals surface area contributed by atoms with Gasteiger partial charge in [-0.3, -0.25) is 9.59 Å². The van der Waals surface area contributed by atoms with Crippen LogP contribution in [0.15, 0.2) is 53.4 Å². The Bertz CT molecular complexity index is 1270. The molecule has 1 aromatic heterocycles. The van der Waals surface area contributed by atoms with Crippen molar-refractivity contribution in [2.45, 2.75) is 37.5 Å². The van der Waals surface area contributed by atoms with Gasteiger partial charge in [-0.05, 0) is 51.0 Å². The summed E-state index contributed by atoms with van der Waals surface area (Å²) in [7, 11) is -3.70. The SMILES string of the molecule is CC(=O)c1ccc(S(=O)(=O)N2CCCC(c3nnc(C(=O)Nc4ccc(C)cc4)s3)C2)cc1. The third-order valence-corrected chi connectivity index (χ3v) is 8.54. The van der Waals surface area contributed by atoms with E-state index in [1.807, 2.05) is 31.2 Å². The van der Waals surface area contributed by atoms with E-state index in [-0.39, 0.29) is 34.1 Å². The predicted octanol–water partition coefficient (Wildman–Crippen LogP) is 3.87. The smallest absolute Gasteiger partial charge is 0.286 e. The standard InChI is InChI=1S/C23H24N4O4S2/c1-15-5-9-19(10-6-15)24-21(29)23-26-25-22(32-23)18-4-3-13-27(14-18)33(30,31)20-11-7-17(8-12-20)16(2)28/h5-12,18H,3-4,13-14H2,1-2H3,(H,24,29). The van der Waals surface area contributed by atoms with Crippen molar-refractivity contribution in [1.29, 1.82) is 0 Å². The lowest BCUT2D eigenvalue weighted by molar-refractivity contribution is 0.101. The number of sulfonamides is 1. The van der Waals surface area contributed by atoms with E-state index in [0.29, 0.717) is 29.2 Å². The second kappa shape index (κ2) is 9.50. The van der Waals surface area contributed by atoms with E-state index in [2.05, 4.69) is 15.5 Å². The number of hydrogen-bond acceptors (Lipinski definition) is 7. The molecule has 2 aromatic carbocycles. The fraction of sp³-hybridized carbons (Fsp3) is 0.304. The fourth-order valence-electron chi connectivity index (χ4n) is 3.69. The highest BCUT2D eigenvalue weighted by Gasteiger charge is 2.33. The first-order valence-electron chi connectivity index (χ1n) is 10.6. The molecule has 8 nitrogen and oxygen atoms in total. The minimum atomic E-state index is -3.70. The molecule has 2 heterocycles. The van der Waals surface area contributed by atoms with E-state index in [1.54, 1.807) is 0 Å². The fourth-order valence-corrected chi connectivity index (χ4v) is 6.07. The number of carbonyl (C=O) groups excluding carboxylic acids is 2. The van der Waals surface area contributed by atoms with Crippen LogP contribution in [-0.2, 0) is 10.0 Å². The molecule has 0 spiro atoms. The Hall–Kier alpha value is -2.95. The monoisotopic (exact) mass is 484 g/mol. The number of benzene rings is 2. The maximum Gasteiger partial charge on any atom is 0.286 e. The summed E-state index contributed by atoms with van der Waals surface area (Å²) in [5.74, 6) is -0.590. The molecule has 1 aliphatic rings. The van der Waals surface area contributed by atoms with E-state index in [4.69, 9.17) is 0 Å². The molecule has 0 saturated carbocycles. The zero-order chi connectivity index (χ0) is 23.6. The number of aromatic nitrogens is 2.